The molecule has 1 amide bonds. The molecule has 0 radical (unpaired) electrons. The Morgan fingerprint density at radius 1 is 1.50 bits per heavy atom. The molecule has 0 aliphatic carbocycles. The molecule has 1 heterocycles. The van der Waals surface area contributed by atoms with E-state index < -0.39 is 11.5 Å². The number of carbonyl (C=O) groups is 1. The summed E-state index contributed by atoms with van der Waals surface area (Å²) in [4.78, 5) is 23.8. The van der Waals surface area contributed by atoms with Crippen molar-refractivity contribution in [2.24, 2.45) is 5.73 Å². The van der Waals surface area contributed by atoms with Gasteiger partial charge in [-0.1, -0.05) is 23.2 Å². The summed E-state index contributed by atoms with van der Waals surface area (Å²) in [6, 6.07) is 0. The molecule has 0 aliphatic rings. The van der Waals surface area contributed by atoms with Crippen molar-refractivity contribution >= 4 is 29.1 Å². The van der Waals surface area contributed by atoms with Crippen LogP contribution in [0.3, 0.4) is 0 Å². The number of hydrogen-bond donors (Lipinski definition) is 2. The average molecular weight is 207 g/mol. The van der Waals surface area contributed by atoms with Crippen LogP contribution in [0.5, 0.6) is 0 Å². The van der Waals surface area contributed by atoms with E-state index in [0.29, 0.717) is 0 Å². The van der Waals surface area contributed by atoms with Crippen LogP contribution in [0, 0.1) is 0 Å². The maximum absolute atomic E-state index is 10.8. The summed E-state index contributed by atoms with van der Waals surface area (Å²) in [6.45, 7) is 0. The van der Waals surface area contributed by atoms with Crippen molar-refractivity contribution < 1.29 is 4.79 Å². The van der Waals surface area contributed by atoms with Crippen molar-refractivity contribution in [3.05, 3.63) is 32.2 Å². The van der Waals surface area contributed by atoms with Crippen LogP contribution in [-0.4, -0.2) is 10.9 Å². The van der Waals surface area contributed by atoms with Crippen LogP contribution >= 0.6 is 23.2 Å². The number of amides is 1. The molecule has 0 unspecified atom stereocenters. The van der Waals surface area contributed by atoms with E-state index in [2.05, 4.69) is 4.98 Å². The normalized spacial score (nSPS) is 9.83. The Morgan fingerprint density at radius 3 is 2.50 bits per heavy atom. The Morgan fingerprint density at radius 2 is 2.08 bits per heavy atom. The first kappa shape index (κ1) is 9.09. The maximum atomic E-state index is 10.8. The highest BCUT2D eigenvalue weighted by Crippen LogP contribution is 2.18. The first-order valence-corrected chi connectivity index (χ1v) is 3.66. The van der Waals surface area contributed by atoms with Gasteiger partial charge in [0.05, 0.1) is 10.6 Å². The lowest BCUT2D eigenvalue weighted by Crippen LogP contribution is -2.18. The van der Waals surface area contributed by atoms with Gasteiger partial charge in [-0.05, 0) is 0 Å². The van der Waals surface area contributed by atoms with Gasteiger partial charge in [0.25, 0.3) is 11.5 Å². The third kappa shape index (κ3) is 1.44. The highest BCUT2D eigenvalue weighted by molar-refractivity contribution is 6.39. The maximum Gasteiger partial charge on any atom is 0.267 e. The second-order valence-corrected chi connectivity index (χ2v) is 2.80. The summed E-state index contributed by atoms with van der Waals surface area (Å²) in [5, 5.41) is -0.248. The number of pyridine rings is 1. The molecule has 1 rings (SSSR count). The van der Waals surface area contributed by atoms with Gasteiger partial charge in [0, 0.05) is 6.20 Å². The average Bonchev–Trinajstić information content (AvgIpc) is 1.97. The number of nitrogens with two attached hydrogens (primary N) is 1. The molecule has 3 N–H and O–H groups in total. The molecule has 12 heavy (non-hydrogen) atoms. The summed E-state index contributed by atoms with van der Waals surface area (Å²) in [5.74, 6) is -0.823. The van der Waals surface area contributed by atoms with E-state index in [0.717, 1.165) is 6.20 Å². The fourth-order valence-corrected chi connectivity index (χ4v) is 1.25. The van der Waals surface area contributed by atoms with E-state index >= 15 is 0 Å². The van der Waals surface area contributed by atoms with Crippen molar-refractivity contribution in [3.8, 4) is 0 Å². The van der Waals surface area contributed by atoms with Crippen molar-refractivity contribution in [3.63, 3.8) is 0 Å². The molecule has 0 saturated carbocycles. The van der Waals surface area contributed by atoms with Gasteiger partial charge < -0.3 is 10.7 Å². The highest BCUT2D eigenvalue weighted by Gasteiger charge is 2.13. The molecule has 0 atom stereocenters. The van der Waals surface area contributed by atoms with E-state index in [9.17, 15) is 9.59 Å². The highest BCUT2D eigenvalue weighted by atomic mass is 35.5. The van der Waals surface area contributed by atoms with Crippen LogP contribution in [-0.2, 0) is 0 Å². The molecular formula is C6H4Cl2N2O2. The topological polar surface area (TPSA) is 76.0 Å². The van der Waals surface area contributed by atoms with Crippen LogP contribution in [0.1, 0.15) is 10.4 Å². The monoisotopic (exact) mass is 206 g/mol. The quantitative estimate of drug-likeness (QED) is 0.713. The lowest BCUT2D eigenvalue weighted by molar-refractivity contribution is 0.100. The third-order valence-electron chi connectivity index (χ3n) is 1.23. The summed E-state index contributed by atoms with van der Waals surface area (Å²) >= 11 is 11.0. The van der Waals surface area contributed by atoms with E-state index in [1.165, 1.54) is 0 Å². The van der Waals surface area contributed by atoms with Crippen molar-refractivity contribution in [1.82, 2.24) is 4.98 Å². The fraction of sp³-hybridized carbons (Fsp3) is 0. The minimum Gasteiger partial charge on any atom is -0.366 e. The summed E-state index contributed by atoms with van der Waals surface area (Å²) in [5.41, 5.74) is 4.18. The van der Waals surface area contributed by atoms with E-state index in [-0.39, 0.29) is 15.6 Å². The number of nitrogens with one attached hydrogen (secondary N) is 1. The van der Waals surface area contributed by atoms with Gasteiger partial charge in [0.15, 0.2) is 0 Å². The van der Waals surface area contributed by atoms with E-state index in [1.807, 2.05) is 0 Å². The zero-order valence-corrected chi connectivity index (χ0v) is 7.24. The van der Waals surface area contributed by atoms with Gasteiger partial charge in [-0.3, -0.25) is 9.59 Å². The van der Waals surface area contributed by atoms with Crippen LogP contribution in [0.25, 0.3) is 0 Å². The Bertz CT molecular complexity index is 386. The molecule has 1 aromatic heterocycles. The molecule has 6 heteroatoms. The SMILES string of the molecule is NC(=O)c1c(Cl)c[nH]c(=O)c1Cl. The molecule has 0 spiro atoms. The van der Waals surface area contributed by atoms with Crippen LogP contribution in [0.2, 0.25) is 10.0 Å². The van der Waals surface area contributed by atoms with Gasteiger partial charge in [0.2, 0.25) is 0 Å². The Hall–Kier alpha value is -1.00. The smallest absolute Gasteiger partial charge is 0.267 e. The van der Waals surface area contributed by atoms with E-state index in [1.54, 1.807) is 0 Å². The molecule has 1 aromatic rings. The summed E-state index contributed by atoms with van der Waals surface area (Å²) in [7, 11) is 0. The molecule has 0 aliphatic heterocycles. The predicted molar refractivity (Wildman–Crippen MR) is 45.6 cm³/mol. The van der Waals surface area contributed by atoms with Crippen LogP contribution in [0.15, 0.2) is 11.0 Å². The molecule has 0 bridgehead atoms. The number of aromatic amines is 1. The second-order valence-electron chi connectivity index (χ2n) is 2.02. The zero-order valence-electron chi connectivity index (χ0n) is 5.73. The van der Waals surface area contributed by atoms with Gasteiger partial charge in [-0.25, -0.2) is 0 Å². The first-order valence-electron chi connectivity index (χ1n) is 2.90. The standard InChI is InChI=1S/C6H4Cl2N2O2/c7-2-1-10-6(12)4(8)3(2)5(9)11/h1H,(H2,9,11)(H,10,12). The summed E-state index contributed by atoms with van der Waals surface area (Å²) < 4.78 is 0. The largest absolute Gasteiger partial charge is 0.366 e. The summed E-state index contributed by atoms with van der Waals surface area (Å²) in [6.07, 6.45) is 1.16. The number of halogens is 2. The molecule has 0 aromatic carbocycles. The Labute approximate surface area is 77.3 Å². The van der Waals surface area contributed by atoms with Crippen LogP contribution < -0.4 is 11.3 Å². The number of rotatable bonds is 1. The molecule has 0 saturated heterocycles. The second kappa shape index (κ2) is 3.16. The minimum absolute atomic E-state index is 0.0344. The number of primary amides is 1. The number of aromatic nitrogens is 1. The zero-order chi connectivity index (χ0) is 9.30. The van der Waals surface area contributed by atoms with Gasteiger partial charge in [0.1, 0.15) is 5.02 Å². The number of carbonyl (C=O) groups excluding carboxylic acids is 1. The minimum atomic E-state index is -0.823. The third-order valence-corrected chi connectivity index (χ3v) is 1.89. The Kier molecular flexibility index (Phi) is 2.40. The lowest BCUT2D eigenvalue weighted by Gasteiger charge is -1.99. The fourth-order valence-electron chi connectivity index (χ4n) is 0.709. The predicted octanol–water partition coefficient (Wildman–Crippen LogP) is 0.781. The Balaban J connectivity index is 3.54. The van der Waals surface area contributed by atoms with Crippen molar-refractivity contribution in [2.75, 3.05) is 0 Å². The molecular weight excluding hydrogens is 203 g/mol. The molecule has 4 nitrogen and oxygen atoms in total. The molecule has 0 fully saturated rings. The van der Waals surface area contributed by atoms with Crippen molar-refractivity contribution in [1.29, 1.82) is 0 Å². The van der Waals surface area contributed by atoms with Crippen molar-refractivity contribution in [2.45, 2.75) is 0 Å². The van der Waals surface area contributed by atoms with Crippen LogP contribution in [0.4, 0.5) is 0 Å². The number of H-pyrrole nitrogens is 1. The van der Waals surface area contributed by atoms with Gasteiger partial charge in [-0.2, -0.15) is 0 Å². The number of hydrogen-bond acceptors (Lipinski definition) is 2. The van der Waals surface area contributed by atoms with E-state index in [4.69, 9.17) is 28.9 Å². The lowest BCUT2D eigenvalue weighted by atomic mass is 10.2. The van der Waals surface area contributed by atoms with Gasteiger partial charge in [-0.15, -0.1) is 0 Å². The first-order chi connectivity index (χ1) is 5.54. The van der Waals surface area contributed by atoms with Gasteiger partial charge >= 0.3 is 0 Å². The molecule has 64 valence electrons.